The Morgan fingerprint density at radius 3 is 2.61 bits per heavy atom. The number of hydrogen-bond donors (Lipinski definition) is 2. The molecule has 1 amide bonds. The van der Waals surface area contributed by atoms with Gasteiger partial charge in [-0.15, -0.1) is 18.1 Å². The highest BCUT2D eigenvalue weighted by atomic mass is 35.5. The molecule has 3 N–H and O–H groups in total. The van der Waals surface area contributed by atoms with Gasteiger partial charge in [-0.2, -0.15) is 0 Å². The van der Waals surface area contributed by atoms with E-state index in [0.29, 0.717) is 0 Å². The molecule has 8 nitrogen and oxygen atoms in total. The molecule has 0 spiro atoms. The summed E-state index contributed by atoms with van der Waals surface area (Å²) >= 11 is 6.09. The fourth-order valence-corrected chi connectivity index (χ4v) is 2.61. The first-order chi connectivity index (χ1) is 14.7. The monoisotopic (exact) mass is 452 g/mol. The largest absolute Gasteiger partial charge is 0.573 e. The van der Waals surface area contributed by atoms with Gasteiger partial charge in [-0.05, 0) is 35.5 Å². The number of carbonyl (C=O) groups excluding carboxylic acids is 1. The van der Waals surface area contributed by atoms with E-state index in [4.69, 9.17) is 22.1 Å². The third kappa shape index (κ3) is 5.60. The fraction of sp³-hybridized carbons (Fsp3) is 0.0526. The van der Waals surface area contributed by atoms with Gasteiger partial charge in [-0.25, -0.2) is 4.98 Å². The summed E-state index contributed by atoms with van der Waals surface area (Å²) in [5.41, 5.74) is 5.38. The van der Waals surface area contributed by atoms with Gasteiger partial charge in [0, 0.05) is 23.9 Å². The standard InChI is InChI=1S/C19H12ClF3N4O4/c20-13-5-4-11(30-15-6-7-25-17(24)16(15)27-29)9-14(13)26-18(28)10-2-1-3-12(8-10)31-19(21,22)23/h1-9H,(H2,24,25)(H,26,28). The first-order valence-corrected chi connectivity index (χ1v) is 8.76. The maximum absolute atomic E-state index is 12.5. The average Bonchev–Trinajstić information content (AvgIpc) is 2.69. The number of pyridine rings is 1. The highest BCUT2D eigenvalue weighted by Crippen LogP contribution is 2.37. The molecular formula is C19H12ClF3N4O4. The lowest BCUT2D eigenvalue weighted by Crippen LogP contribution is -2.18. The van der Waals surface area contributed by atoms with Crippen molar-refractivity contribution in [1.82, 2.24) is 4.98 Å². The Balaban J connectivity index is 1.82. The lowest BCUT2D eigenvalue weighted by Gasteiger charge is -2.13. The van der Waals surface area contributed by atoms with E-state index >= 15 is 0 Å². The predicted molar refractivity (Wildman–Crippen MR) is 107 cm³/mol. The number of carbonyl (C=O) groups is 1. The molecule has 0 radical (unpaired) electrons. The number of anilines is 2. The zero-order valence-corrected chi connectivity index (χ0v) is 16.1. The lowest BCUT2D eigenvalue weighted by molar-refractivity contribution is -0.274. The normalized spacial score (nSPS) is 11.0. The molecule has 160 valence electrons. The number of amides is 1. The number of aromatic nitrogens is 1. The summed E-state index contributed by atoms with van der Waals surface area (Å²) in [5.74, 6) is -1.22. The second-order valence-electron chi connectivity index (χ2n) is 5.91. The number of hydrogen-bond acceptors (Lipinski definition) is 7. The third-order valence-corrected chi connectivity index (χ3v) is 4.08. The Labute approximate surface area is 177 Å². The summed E-state index contributed by atoms with van der Waals surface area (Å²) in [6.07, 6.45) is -3.58. The number of nitrogens with one attached hydrogen (secondary N) is 1. The molecule has 1 heterocycles. The summed E-state index contributed by atoms with van der Waals surface area (Å²) < 4.78 is 46.5. The minimum atomic E-state index is -4.89. The molecule has 3 rings (SSSR count). The molecule has 0 aliphatic carbocycles. The molecule has 0 bridgehead atoms. The molecule has 0 unspecified atom stereocenters. The van der Waals surface area contributed by atoms with Gasteiger partial charge in [0.15, 0.2) is 17.3 Å². The van der Waals surface area contributed by atoms with Crippen LogP contribution in [0.5, 0.6) is 17.2 Å². The van der Waals surface area contributed by atoms with Crippen LogP contribution in [0.1, 0.15) is 10.4 Å². The molecule has 0 atom stereocenters. The molecule has 0 saturated carbocycles. The van der Waals surface area contributed by atoms with Crippen molar-refractivity contribution in [3.63, 3.8) is 0 Å². The van der Waals surface area contributed by atoms with Gasteiger partial charge in [-0.1, -0.05) is 17.7 Å². The summed E-state index contributed by atoms with van der Waals surface area (Å²) in [7, 11) is 0. The summed E-state index contributed by atoms with van der Waals surface area (Å²) in [4.78, 5) is 27.2. The van der Waals surface area contributed by atoms with Crippen molar-refractivity contribution in [2.24, 2.45) is 5.18 Å². The molecule has 1 aromatic heterocycles. The SMILES string of the molecule is Nc1nccc(Oc2ccc(Cl)c(NC(=O)c3cccc(OC(F)(F)F)c3)c2)c1N=O. The Morgan fingerprint density at radius 2 is 1.90 bits per heavy atom. The minimum absolute atomic E-state index is 0.0269. The number of benzene rings is 2. The van der Waals surface area contributed by atoms with E-state index in [2.05, 4.69) is 20.2 Å². The maximum Gasteiger partial charge on any atom is 0.573 e. The number of nitrogens with two attached hydrogens (primary N) is 1. The number of nitrogen functional groups attached to an aromatic ring is 1. The molecule has 0 saturated heterocycles. The first-order valence-electron chi connectivity index (χ1n) is 8.38. The Morgan fingerprint density at radius 1 is 1.13 bits per heavy atom. The molecule has 12 heteroatoms. The van der Waals surface area contributed by atoms with Gasteiger partial charge in [0.25, 0.3) is 5.91 Å². The molecule has 31 heavy (non-hydrogen) atoms. The molecule has 2 aromatic carbocycles. The van der Waals surface area contributed by atoms with Crippen molar-refractivity contribution in [2.45, 2.75) is 6.36 Å². The van der Waals surface area contributed by atoms with Crippen LogP contribution in [0.3, 0.4) is 0 Å². The van der Waals surface area contributed by atoms with Crippen molar-refractivity contribution in [3.05, 3.63) is 70.2 Å². The van der Waals surface area contributed by atoms with Crippen molar-refractivity contribution < 1.29 is 27.4 Å². The van der Waals surface area contributed by atoms with Crippen LogP contribution in [0.2, 0.25) is 5.02 Å². The van der Waals surface area contributed by atoms with Crippen molar-refractivity contribution in [2.75, 3.05) is 11.1 Å². The van der Waals surface area contributed by atoms with Gasteiger partial charge in [-0.3, -0.25) is 4.79 Å². The van der Waals surface area contributed by atoms with Crippen molar-refractivity contribution >= 4 is 34.7 Å². The smallest absolute Gasteiger partial charge is 0.455 e. The zero-order chi connectivity index (χ0) is 22.6. The number of nitroso groups, excluding NO2 is 1. The topological polar surface area (TPSA) is 116 Å². The van der Waals surface area contributed by atoms with E-state index in [9.17, 15) is 22.9 Å². The number of alkyl halides is 3. The van der Waals surface area contributed by atoms with E-state index in [1.54, 1.807) is 0 Å². The van der Waals surface area contributed by atoms with Crippen LogP contribution in [0.4, 0.5) is 30.4 Å². The maximum atomic E-state index is 12.5. The molecule has 0 fully saturated rings. The number of ether oxygens (including phenoxy) is 2. The van der Waals surface area contributed by atoms with Crippen LogP contribution in [-0.2, 0) is 0 Å². The van der Waals surface area contributed by atoms with Gasteiger partial charge >= 0.3 is 6.36 Å². The highest BCUT2D eigenvalue weighted by molar-refractivity contribution is 6.34. The van der Waals surface area contributed by atoms with E-state index in [1.807, 2.05) is 0 Å². The summed E-state index contributed by atoms with van der Waals surface area (Å²) in [6, 6.07) is 10.1. The second-order valence-corrected chi connectivity index (χ2v) is 6.31. The number of halogens is 4. The Bertz CT molecular complexity index is 1140. The number of rotatable bonds is 6. The van der Waals surface area contributed by atoms with E-state index in [-0.39, 0.29) is 39.3 Å². The molecule has 0 aliphatic heterocycles. The Hall–Kier alpha value is -3.86. The summed E-state index contributed by atoms with van der Waals surface area (Å²) in [6.45, 7) is 0. The fourth-order valence-electron chi connectivity index (χ4n) is 2.45. The summed E-state index contributed by atoms with van der Waals surface area (Å²) in [5, 5.41) is 5.38. The number of nitrogens with zero attached hydrogens (tertiary/aromatic N) is 2. The van der Waals surface area contributed by atoms with Crippen LogP contribution >= 0.6 is 11.6 Å². The quantitative estimate of drug-likeness (QED) is 0.466. The van der Waals surface area contributed by atoms with Crippen LogP contribution in [0.25, 0.3) is 0 Å². The Kier molecular flexibility index (Phi) is 6.25. The van der Waals surface area contributed by atoms with Gasteiger partial charge in [0.1, 0.15) is 11.5 Å². The van der Waals surface area contributed by atoms with Crippen LogP contribution in [0.15, 0.2) is 59.9 Å². The van der Waals surface area contributed by atoms with Crippen LogP contribution in [-0.4, -0.2) is 17.3 Å². The predicted octanol–water partition coefficient (Wildman–Crippen LogP) is 5.66. The van der Waals surface area contributed by atoms with E-state index < -0.39 is 18.0 Å². The second kappa shape index (κ2) is 8.88. The highest BCUT2D eigenvalue weighted by Gasteiger charge is 2.31. The molecular weight excluding hydrogens is 441 g/mol. The minimum Gasteiger partial charge on any atom is -0.455 e. The van der Waals surface area contributed by atoms with Gasteiger partial charge in [0.2, 0.25) is 0 Å². The molecule has 0 aliphatic rings. The van der Waals surface area contributed by atoms with Crippen LogP contribution < -0.4 is 20.5 Å². The average molecular weight is 453 g/mol. The van der Waals surface area contributed by atoms with Gasteiger partial charge in [0.05, 0.1) is 10.7 Å². The lowest BCUT2D eigenvalue weighted by atomic mass is 10.2. The first kappa shape index (κ1) is 21.8. The van der Waals surface area contributed by atoms with Gasteiger partial charge < -0.3 is 20.5 Å². The van der Waals surface area contributed by atoms with E-state index in [0.717, 1.165) is 12.1 Å². The zero-order valence-electron chi connectivity index (χ0n) is 15.3. The van der Waals surface area contributed by atoms with Crippen molar-refractivity contribution in [3.8, 4) is 17.2 Å². The third-order valence-electron chi connectivity index (χ3n) is 3.75. The van der Waals surface area contributed by atoms with Crippen molar-refractivity contribution in [1.29, 1.82) is 0 Å². The molecule has 3 aromatic rings. The van der Waals surface area contributed by atoms with E-state index in [1.165, 1.54) is 42.6 Å². The van der Waals surface area contributed by atoms with Crippen LogP contribution in [0, 0.1) is 4.91 Å².